The topological polar surface area (TPSA) is 77.9 Å². The third-order valence-corrected chi connectivity index (χ3v) is 7.19. The zero-order valence-electron chi connectivity index (χ0n) is 14.3. The average molecular weight is 364 g/mol. The summed E-state index contributed by atoms with van der Waals surface area (Å²) in [5, 5.41) is 9.44. The van der Waals surface area contributed by atoms with Crippen molar-refractivity contribution >= 4 is 15.9 Å². The van der Waals surface area contributed by atoms with Crippen molar-refractivity contribution < 1.29 is 18.3 Å². The summed E-state index contributed by atoms with van der Waals surface area (Å²) < 4.78 is 26.2. The highest BCUT2D eigenvalue weighted by atomic mass is 32.2. The number of benzene rings is 1. The second-order valence-corrected chi connectivity index (χ2v) is 9.61. The lowest BCUT2D eigenvalue weighted by molar-refractivity contribution is -0.141. The maximum atomic E-state index is 12.6. The van der Waals surface area contributed by atoms with E-state index >= 15 is 0 Å². The fourth-order valence-electron chi connectivity index (χ4n) is 4.64. The van der Waals surface area contributed by atoms with Crippen LogP contribution in [-0.2, 0) is 14.8 Å². The highest BCUT2D eigenvalue weighted by Gasteiger charge is 2.52. The molecule has 3 atom stereocenters. The van der Waals surface area contributed by atoms with Crippen LogP contribution in [0.3, 0.4) is 0 Å². The van der Waals surface area contributed by atoms with Crippen LogP contribution in [0.15, 0.2) is 30.3 Å². The normalized spacial score (nSPS) is 35.4. The van der Waals surface area contributed by atoms with Gasteiger partial charge in [0.1, 0.15) is 0 Å². The first kappa shape index (κ1) is 17.0. The molecular weight excluding hydrogens is 340 g/mol. The third kappa shape index (κ3) is 2.98. The Kier molecular flexibility index (Phi) is 4.13. The molecule has 0 bridgehead atoms. The number of carbonyl (C=O) groups is 1. The number of aliphatic hydroxyl groups is 1. The van der Waals surface area contributed by atoms with E-state index in [-0.39, 0.29) is 35.8 Å². The van der Waals surface area contributed by atoms with Crippen molar-refractivity contribution in [3.8, 4) is 0 Å². The van der Waals surface area contributed by atoms with E-state index < -0.39 is 10.0 Å². The Hall–Kier alpha value is -1.44. The van der Waals surface area contributed by atoms with Gasteiger partial charge in [-0.05, 0) is 24.3 Å². The van der Waals surface area contributed by atoms with E-state index in [0.29, 0.717) is 32.5 Å². The molecule has 3 fully saturated rings. The first-order valence-corrected chi connectivity index (χ1v) is 10.7. The van der Waals surface area contributed by atoms with Crippen LogP contribution in [0.5, 0.6) is 0 Å². The number of likely N-dealkylation sites (tertiary alicyclic amines) is 1. The van der Waals surface area contributed by atoms with Gasteiger partial charge in [0.05, 0.1) is 18.4 Å². The molecule has 2 heterocycles. The van der Waals surface area contributed by atoms with E-state index in [1.165, 1.54) is 6.26 Å². The Morgan fingerprint density at radius 1 is 1.12 bits per heavy atom. The quantitative estimate of drug-likeness (QED) is 0.862. The Labute approximate surface area is 148 Å². The summed E-state index contributed by atoms with van der Waals surface area (Å²) in [5.74, 6) is 0.368. The molecule has 0 unspecified atom stereocenters. The summed E-state index contributed by atoms with van der Waals surface area (Å²) in [6.45, 7) is 1.69. The van der Waals surface area contributed by atoms with Crippen molar-refractivity contribution in [3.05, 3.63) is 35.9 Å². The molecule has 136 valence electrons. The van der Waals surface area contributed by atoms with Crippen LogP contribution in [0.25, 0.3) is 0 Å². The molecule has 1 aliphatic carbocycles. The summed E-state index contributed by atoms with van der Waals surface area (Å²) in [4.78, 5) is 14.5. The number of fused-ring (bicyclic) bond motifs is 1. The van der Waals surface area contributed by atoms with Gasteiger partial charge in [-0.3, -0.25) is 4.79 Å². The van der Waals surface area contributed by atoms with E-state index in [4.69, 9.17) is 0 Å². The first-order valence-electron chi connectivity index (χ1n) is 8.83. The fraction of sp³-hybridized carbons (Fsp3) is 0.611. The number of aliphatic hydroxyl groups excluding tert-OH is 1. The number of amides is 1. The number of nitrogens with zero attached hydrogens (tertiary/aromatic N) is 2. The van der Waals surface area contributed by atoms with E-state index in [0.717, 1.165) is 5.56 Å². The molecule has 0 spiro atoms. The zero-order chi connectivity index (χ0) is 17.8. The van der Waals surface area contributed by atoms with E-state index in [9.17, 15) is 18.3 Å². The second-order valence-electron chi connectivity index (χ2n) is 7.68. The van der Waals surface area contributed by atoms with Crippen LogP contribution in [-0.4, -0.2) is 60.6 Å². The van der Waals surface area contributed by atoms with Gasteiger partial charge in [0.25, 0.3) is 0 Å². The van der Waals surface area contributed by atoms with Gasteiger partial charge in [0.15, 0.2) is 0 Å². The van der Waals surface area contributed by atoms with E-state index in [2.05, 4.69) is 0 Å². The first-order chi connectivity index (χ1) is 11.8. The minimum absolute atomic E-state index is 0.0602. The lowest BCUT2D eigenvalue weighted by Gasteiger charge is -2.34. The predicted molar refractivity (Wildman–Crippen MR) is 93.0 cm³/mol. The standard InChI is InChI=1S/C18H24N2O4S/c1-25(23,24)20-10-14-9-19(18(22)13-7-15(21)8-13)11-16(14)17(20)12-5-3-2-4-6-12/h2-6,13-17,21H,7-11H2,1H3/t13?,14-,15?,16-,17+/m1/s1. The molecule has 0 radical (unpaired) electrons. The van der Waals surface area contributed by atoms with Crippen LogP contribution in [0, 0.1) is 17.8 Å². The summed E-state index contributed by atoms with van der Waals surface area (Å²) in [6.07, 6.45) is 2.04. The molecular formula is C18H24N2O4S. The minimum atomic E-state index is -3.30. The maximum Gasteiger partial charge on any atom is 0.225 e. The van der Waals surface area contributed by atoms with Crippen molar-refractivity contribution in [1.82, 2.24) is 9.21 Å². The molecule has 4 rings (SSSR count). The van der Waals surface area contributed by atoms with Gasteiger partial charge >= 0.3 is 0 Å². The third-order valence-electron chi connectivity index (χ3n) is 5.96. The summed E-state index contributed by atoms with van der Waals surface area (Å²) in [6, 6.07) is 9.52. The van der Waals surface area contributed by atoms with Crippen molar-refractivity contribution in [1.29, 1.82) is 0 Å². The van der Waals surface area contributed by atoms with Crippen LogP contribution < -0.4 is 0 Å². The van der Waals surface area contributed by atoms with Gasteiger partial charge in [-0.1, -0.05) is 30.3 Å². The molecule has 7 heteroatoms. The SMILES string of the molecule is CS(=O)(=O)N1C[C@H]2CN(C(=O)C3CC(O)C3)C[C@H]2[C@@H]1c1ccccc1. The van der Waals surface area contributed by atoms with Gasteiger partial charge in [0.2, 0.25) is 15.9 Å². The monoisotopic (exact) mass is 364 g/mol. The molecule has 1 saturated carbocycles. The van der Waals surface area contributed by atoms with E-state index in [1.54, 1.807) is 4.31 Å². The molecule has 2 saturated heterocycles. The van der Waals surface area contributed by atoms with Gasteiger partial charge in [-0.25, -0.2) is 8.42 Å². The lowest BCUT2D eigenvalue weighted by atomic mass is 9.81. The van der Waals surface area contributed by atoms with Crippen LogP contribution >= 0.6 is 0 Å². The van der Waals surface area contributed by atoms with Crippen LogP contribution in [0.2, 0.25) is 0 Å². The smallest absolute Gasteiger partial charge is 0.225 e. The number of rotatable bonds is 3. The zero-order valence-corrected chi connectivity index (χ0v) is 15.1. The summed E-state index contributed by atoms with van der Waals surface area (Å²) in [7, 11) is -3.30. The molecule has 1 amide bonds. The number of sulfonamides is 1. The van der Waals surface area contributed by atoms with Crippen LogP contribution in [0.1, 0.15) is 24.4 Å². The molecule has 1 N–H and O–H groups in total. The lowest BCUT2D eigenvalue weighted by Crippen LogP contribution is -2.44. The molecule has 0 aromatic heterocycles. The maximum absolute atomic E-state index is 12.6. The van der Waals surface area contributed by atoms with Gasteiger partial charge < -0.3 is 10.0 Å². The van der Waals surface area contributed by atoms with Crippen molar-refractivity contribution in [3.63, 3.8) is 0 Å². The Morgan fingerprint density at radius 3 is 2.40 bits per heavy atom. The number of hydrogen-bond acceptors (Lipinski definition) is 4. The molecule has 6 nitrogen and oxygen atoms in total. The number of hydrogen-bond donors (Lipinski definition) is 1. The molecule has 1 aromatic rings. The second kappa shape index (κ2) is 6.07. The highest BCUT2D eigenvalue weighted by molar-refractivity contribution is 7.88. The van der Waals surface area contributed by atoms with Gasteiger partial charge in [-0.15, -0.1) is 0 Å². The predicted octanol–water partition coefficient (Wildman–Crippen LogP) is 0.848. The molecule has 25 heavy (non-hydrogen) atoms. The fourth-order valence-corrected chi connectivity index (χ4v) is 5.79. The largest absolute Gasteiger partial charge is 0.393 e. The van der Waals surface area contributed by atoms with Crippen LogP contribution in [0.4, 0.5) is 0 Å². The molecule has 3 aliphatic rings. The summed E-state index contributed by atoms with van der Waals surface area (Å²) >= 11 is 0. The van der Waals surface area contributed by atoms with Crippen molar-refractivity contribution in [2.24, 2.45) is 17.8 Å². The summed E-state index contributed by atoms with van der Waals surface area (Å²) in [5.41, 5.74) is 0.994. The average Bonchev–Trinajstić information content (AvgIpc) is 3.09. The van der Waals surface area contributed by atoms with Gasteiger partial charge in [-0.2, -0.15) is 4.31 Å². The Balaban J connectivity index is 1.57. The molecule has 1 aromatic carbocycles. The molecule has 2 aliphatic heterocycles. The minimum Gasteiger partial charge on any atom is -0.393 e. The van der Waals surface area contributed by atoms with Crippen molar-refractivity contribution in [2.75, 3.05) is 25.9 Å². The van der Waals surface area contributed by atoms with E-state index in [1.807, 2.05) is 35.2 Å². The Morgan fingerprint density at radius 2 is 1.80 bits per heavy atom. The number of carbonyl (C=O) groups excluding carboxylic acids is 1. The Bertz CT molecular complexity index is 761. The highest BCUT2D eigenvalue weighted by Crippen LogP contribution is 2.46. The van der Waals surface area contributed by atoms with Crippen molar-refractivity contribution in [2.45, 2.75) is 25.0 Å². The van der Waals surface area contributed by atoms with Gasteiger partial charge in [0, 0.05) is 31.5 Å².